The molecule has 0 saturated heterocycles. The molecule has 2 rings (SSSR count). The topological polar surface area (TPSA) is 91.2 Å². The average Bonchev–Trinajstić information content (AvgIpc) is 2.50. The zero-order valence-electron chi connectivity index (χ0n) is 11.4. The summed E-state index contributed by atoms with van der Waals surface area (Å²) in [7, 11) is 1.21. The minimum absolute atomic E-state index is 0.0431. The Balaban J connectivity index is 2.72. The number of ether oxygens (including phenoxy) is 1. The molecule has 0 unspecified atom stereocenters. The number of nitrogens with zero attached hydrogens (tertiary/aromatic N) is 1. The Kier molecular flexibility index (Phi) is 3.89. The Morgan fingerprint density at radius 3 is 2.48 bits per heavy atom. The molecule has 1 aromatic carbocycles. The summed E-state index contributed by atoms with van der Waals surface area (Å²) in [6, 6.07) is 6.39. The van der Waals surface area contributed by atoms with E-state index in [1.165, 1.54) is 13.2 Å². The van der Waals surface area contributed by atoms with Gasteiger partial charge in [0, 0.05) is 16.8 Å². The number of aromatic nitrogens is 1. The molecule has 0 aliphatic carbocycles. The molecular weight excluding hydrogens is 273 g/mol. The summed E-state index contributed by atoms with van der Waals surface area (Å²) < 4.78 is 19.0. The predicted octanol–water partition coefficient (Wildman–Crippen LogP) is 2.48. The minimum Gasteiger partial charge on any atom is -0.464 e. The van der Waals surface area contributed by atoms with E-state index in [1.54, 1.807) is 24.3 Å². The monoisotopic (exact) mass is 287 g/mol. The quantitative estimate of drug-likeness (QED) is 0.668. The van der Waals surface area contributed by atoms with Crippen LogP contribution in [-0.4, -0.2) is 18.1 Å². The zero-order valence-corrected chi connectivity index (χ0v) is 11.4. The van der Waals surface area contributed by atoms with E-state index in [4.69, 9.17) is 11.5 Å². The van der Waals surface area contributed by atoms with Gasteiger partial charge in [-0.2, -0.15) is 0 Å². The van der Waals surface area contributed by atoms with Crippen molar-refractivity contribution in [2.75, 3.05) is 18.6 Å². The maximum atomic E-state index is 14.4. The van der Waals surface area contributed by atoms with E-state index in [2.05, 4.69) is 16.3 Å². The van der Waals surface area contributed by atoms with Crippen LogP contribution in [0.4, 0.5) is 15.8 Å². The Morgan fingerprint density at radius 1 is 1.33 bits per heavy atom. The first-order chi connectivity index (χ1) is 9.99. The van der Waals surface area contributed by atoms with Gasteiger partial charge in [-0.15, -0.1) is 0 Å². The van der Waals surface area contributed by atoms with E-state index in [9.17, 15) is 9.18 Å². The first-order valence-corrected chi connectivity index (χ1v) is 6.05. The van der Waals surface area contributed by atoms with Crippen molar-refractivity contribution >= 4 is 23.4 Å². The number of rotatable bonds is 3. The predicted molar refractivity (Wildman–Crippen MR) is 79.9 cm³/mol. The molecule has 0 radical (unpaired) electrons. The highest BCUT2D eigenvalue weighted by molar-refractivity contribution is 5.95. The number of anilines is 2. The van der Waals surface area contributed by atoms with Gasteiger partial charge in [-0.05, 0) is 12.1 Å². The van der Waals surface area contributed by atoms with Gasteiger partial charge in [-0.25, -0.2) is 14.2 Å². The fraction of sp³-hybridized carbons (Fsp3) is 0.0667. The summed E-state index contributed by atoms with van der Waals surface area (Å²) in [5.41, 5.74) is 12.1. The molecule has 4 N–H and O–H groups in total. The molecule has 1 heterocycles. The normalized spacial score (nSPS) is 10.2. The highest BCUT2D eigenvalue weighted by atomic mass is 19.1. The SMILES string of the molecule is C=Cc1c(C(=O)OC)nc(-c2ccc(N)cc2)c(F)c1N. The number of hydrogen-bond acceptors (Lipinski definition) is 5. The molecule has 0 amide bonds. The number of benzene rings is 1. The lowest BCUT2D eigenvalue weighted by atomic mass is 10.0. The van der Waals surface area contributed by atoms with E-state index in [0.717, 1.165) is 0 Å². The van der Waals surface area contributed by atoms with Gasteiger partial charge in [0.25, 0.3) is 0 Å². The van der Waals surface area contributed by atoms with Crippen molar-refractivity contribution in [1.29, 1.82) is 0 Å². The second-order valence-electron chi connectivity index (χ2n) is 4.27. The summed E-state index contributed by atoms with van der Waals surface area (Å²) in [6.07, 6.45) is 1.27. The molecular formula is C15H14FN3O2. The number of carbonyl (C=O) groups is 1. The highest BCUT2D eigenvalue weighted by Gasteiger charge is 2.22. The lowest BCUT2D eigenvalue weighted by Crippen LogP contribution is -2.12. The highest BCUT2D eigenvalue weighted by Crippen LogP contribution is 2.30. The maximum absolute atomic E-state index is 14.4. The number of nitrogens with two attached hydrogens (primary N) is 2. The first-order valence-electron chi connectivity index (χ1n) is 6.05. The standard InChI is InChI=1S/C15H14FN3O2/c1-3-10-12(18)11(16)13(19-14(10)15(20)21-2)8-4-6-9(17)7-5-8/h3-7H,1,17H2,2H3,(H2,18,19). The molecule has 6 heteroatoms. The van der Waals surface area contributed by atoms with Crippen molar-refractivity contribution in [3.63, 3.8) is 0 Å². The third-order valence-electron chi connectivity index (χ3n) is 2.98. The van der Waals surface area contributed by atoms with Crippen LogP contribution in [-0.2, 0) is 4.74 Å². The van der Waals surface area contributed by atoms with Gasteiger partial charge in [-0.1, -0.05) is 24.8 Å². The number of nitrogen functional groups attached to an aromatic ring is 2. The van der Waals surface area contributed by atoms with Crippen LogP contribution in [0.15, 0.2) is 30.8 Å². The Labute approximate surface area is 121 Å². The van der Waals surface area contributed by atoms with E-state index in [1.807, 2.05) is 0 Å². The maximum Gasteiger partial charge on any atom is 0.357 e. The molecule has 0 aliphatic rings. The number of hydrogen-bond donors (Lipinski definition) is 2. The number of halogens is 1. The minimum atomic E-state index is -0.720. The summed E-state index contributed by atoms with van der Waals surface area (Å²) in [4.78, 5) is 15.8. The van der Waals surface area contributed by atoms with Crippen LogP contribution in [0.25, 0.3) is 17.3 Å². The second-order valence-corrected chi connectivity index (χ2v) is 4.27. The van der Waals surface area contributed by atoms with Crippen LogP contribution in [0.1, 0.15) is 16.1 Å². The molecule has 108 valence electrons. The van der Waals surface area contributed by atoms with Crippen molar-refractivity contribution in [2.45, 2.75) is 0 Å². The van der Waals surface area contributed by atoms with Crippen LogP contribution >= 0.6 is 0 Å². The first kappa shape index (κ1) is 14.5. The molecule has 0 fully saturated rings. The molecule has 0 saturated carbocycles. The Hall–Kier alpha value is -2.89. The van der Waals surface area contributed by atoms with Gasteiger partial charge in [0.05, 0.1) is 12.8 Å². The molecule has 0 spiro atoms. The van der Waals surface area contributed by atoms with Crippen molar-refractivity contribution in [3.8, 4) is 11.3 Å². The fourth-order valence-corrected chi connectivity index (χ4v) is 1.89. The van der Waals surface area contributed by atoms with Gasteiger partial charge in [-0.3, -0.25) is 0 Å². The van der Waals surface area contributed by atoms with Crippen molar-refractivity contribution < 1.29 is 13.9 Å². The molecule has 2 aromatic rings. The molecule has 1 aromatic heterocycles. The van der Waals surface area contributed by atoms with Crippen molar-refractivity contribution in [3.05, 3.63) is 47.9 Å². The fourth-order valence-electron chi connectivity index (χ4n) is 1.89. The number of methoxy groups -OCH3 is 1. The molecule has 21 heavy (non-hydrogen) atoms. The van der Waals surface area contributed by atoms with Gasteiger partial charge < -0.3 is 16.2 Å². The molecule has 0 bridgehead atoms. The lowest BCUT2D eigenvalue weighted by molar-refractivity contribution is 0.0594. The second kappa shape index (κ2) is 5.62. The van der Waals surface area contributed by atoms with E-state index in [0.29, 0.717) is 11.3 Å². The summed E-state index contributed by atoms with van der Waals surface area (Å²) in [6.45, 7) is 3.51. The van der Waals surface area contributed by atoms with Crippen LogP contribution in [0, 0.1) is 5.82 Å². The molecule has 0 atom stereocenters. The van der Waals surface area contributed by atoms with Crippen LogP contribution < -0.4 is 11.5 Å². The number of pyridine rings is 1. The van der Waals surface area contributed by atoms with E-state index >= 15 is 0 Å². The van der Waals surface area contributed by atoms with Crippen molar-refractivity contribution in [1.82, 2.24) is 4.98 Å². The van der Waals surface area contributed by atoms with Crippen LogP contribution in [0.2, 0.25) is 0 Å². The van der Waals surface area contributed by atoms with Crippen molar-refractivity contribution in [2.24, 2.45) is 0 Å². The van der Waals surface area contributed by atoms with Crippen LogP contribution in [0.3, 0.4) is 0 Å². The summed E-state index contributed by atoms with van der Waals surface area (Å²) in [5.74, 6) is -1.43. The number of esters is 1. The van der Waals surface area contributed by atoms with Gasteiger partial charge in [0.2, 0.25) is 0 Å². The molecule has 5 nitrogen and oxygen atoms in total. The Morgan fingerprint density at radius 2 is 1.95 bits per heavy atom. The lowest BCUT2D eigenvalue weighted by Gasteiger charge is -2.12. The van der Waals surface area contributed by atoms with Gasteiger partial charge in [0.1, 0.15) is 5.69 Å². The smallest absolute Gasteiger partial charge is 0.357 e. The zero-order chi connectivity index (χ0) is 15.6. The van der Waals surface area contributed by atoms with Crippen LogP contribution in [0.5, 0.6) is 0 Å². The largest absolute Gasteiger partial charge is 0.464 e. The van der Waals surface area contributed by atoms with Gasteiger partial charge in [0.15, 0.2) is 11.5 Å². The average molecular weight is 287 g/mol. The molecule has 0 aliphatic heterocycles. The Bertz CT molecular complexity index is 712. The number of carbonyl (C=O) groups excluding carboxylic acids is 1. The van der Waals surface area contributed by atoms with E-state index in [-0.39, 0.29) is 22.6 Å². The van der Waals surface area contributed by atoms with E-state index < -0.39 is 11.8 Å². The summed E-state index contributed by atoms with van der Waals surface area (Å²) >= 11 is 0. The van der Waals surface area contributed by atoms with Gasteiger partial charge >= 0.3 is 5.97 Å². The third-order valence-corrected chi connectivity index (χ3v) is 2.98. The third kappa shape index (κ3) is 2.55. The summed E-state index contributed by atoms with van der Waals surface area (Å²) in [5, 5.41) is 0.